The smallest absolute Gasteiger partial charge is 0.423 e. The molecular weight excluding hydrogens is 902 g/mol. The molecule has 0 radical (unpaired) electrons. The Hall–Kier alpha value is -2.73. The summed E-state index contributed by atoms with van der Waals surface area (Å²) in [5.74, 6) is 0. The largest absolute Gasteiger partial charge is 0.497 e. The zero-order valence-corrected chi connectivity index (χ0v) is 46.2. The van der Waals surface area contributed by atoms with Crippen LogP contribution in [0.4, 0.5) is 0 Å². The molecular formula is C58H86B2N4O4S2. The first-order valence-electron chi connectivity index (χ1n) is 28.4. The van der Waals surface area contributed by atoms with Gasteiger partial charge in [0.25, 0.3) is 0 Å². The zero-order valence-electron chi connectivity index (χ0n) is 44.6. The third kappa shape index (κ3) is 10.5. The van der Waals surface area contributed by atoms with Gasteiger partial charge in [-0.25, -0.2) is 0 Å². The molecule has 380 valence electrons. The van der Waals surface area contributed by atoms with Crippen LogP contribution in [-0.2, 0) is 20.1 Å². The van der Waals surface area contributed by atoms with Gasteiger partial charge in [0.05, 0.1) is 34.7 Å². The molecule has 70 heavy (non-hydrogen) atoms. The summed E-state index contributed by atoms with van der Waals surface area (Å²) in [5.41, 5.74) is 13.7. The second-order valence-electron chi connectivity index (χ2n) is 22.8. The molecule has 2 aliphatic carbocycles. The molecule has 5 aromatic rings. The highest BCUT2D eigenvalue weighted by molar-refractivity contribution is 7.00. The highest BCUT2D eigenvalue weighted by Crippen LogP contribution is 2.62. The van der Waals surface area contributed by atoms with Gasteiger partial charge < -0.3 is 19.4 Å². The summed E-state index contributed by atoms with van der Waals surface area (Å²) in [6.07, 6.45) is 33.8. The molecule has 0 unspecified atom stereocenters. The number of benzene rings is 3. The molecule has 1 aliphatic heterocycles. The van der Waals surface area contributed by atoms with Crippen molar-refractivity contribution in [3.63, 3.8) is 0 Å². The minimum atomic E-state index is -1.64. The summed E-state index contributed by atoms with van der Waals surface area (Å²) in [4.78, 5) is 0. The van der Waals surface area contributed by atoms with E-state index in [9.17, 15) is 10.0 Å². The quantitative estimate of drug-likeness (QED) is 0.0346. The van der Waals surface area contributed by atoms with Gasteiger partial charge >= 0.3 is 14.2 Å². The predicted octanol–water partition coefficient (Wildman–Crippen LogP) is 15.2. The van der Waals surface area contributed by atoms with Crippen LogP contribution in [0.5, 0.6) is 0 Å². The van der Waals surface area contributed by atoms with Crippen LogP contribution in [0.15, 0.2) is 24.3 Å². The van der Waals surface area contributed by atoms with E-state index in [1.807, 2.05) is 0 Å². The lowest BCUT2D eigenvalue weighted by atomic mass is 9.67. The summed E-state index contributed by atoms with van der Waals surface area (Å²) in [7, 11) is -2.18. The molecule has 12 heteroatoms. The van der Waals surface area contributed by atoms with Crippen LogP contribution < -0.4 is 10.9 Å². The van der Waals surface area contributed by atoms with E-state index in [1.54, 1.807) is 0 Å². The molecule has 1 fully saturated rings. The Bertz CT molecular complexity index is 2470. The van der Waals surface area contributed by atoms with Crippen molar-refractivity contribution in [2.75, 3.05) is 0 Å². The third-order valence-electron chi connectivity index (χ3n) is 17.5. The molecule has 8 rings (SSSR count). The topological polar surface area (TPSA) is 110 Å². The maximum absolute atomic E-state index is 11.1. The average molecular weight is 989 g/mol. The summed E-state index contributed by atoms with van der Waals surface area (Å²) in [6, 6.07) is 9.90. The van der Waals surface area contributed by atoms with Crippen molar-refractivity contribution in [3.8, 4) is 22.3 Å². The van der Waals surface area contributed by atoms with Gasteiger partial charge in [-0.05, 0) is 98.9 Å². The van der Waals surface area contributed by atoms with E-state index in [2.05, 4.69) is 79.7 Å². The third-order valence-corrected chi connectivity index (χ3v) is 18.6. The Morgan fingerprint density at radius 2 is 0.786 bits per heavy atom. The first kappa shape index (κ1) is 53.6. The monoisotopic (exact) mass is 989 g/mol. The van der Waals surface area contributed by atoms with Gasteiger partial charge in [-0.2, -0.15) is 17.5 Å². The van der Waals surface area contributed by atoms with Gasteiger partial charge in [-0.3, -0.25) is 0 Å². The Morgan fingerprint density at radius 1 is 0.443 bits per heavy atom. The zero-order chi connectivity index (χ0) is 49.5. The summed E-state index contributed by atoms with van der Waals surface area (Å²) in [6.45, 7) is 17.8. The molecule has 0 spiro atoms. The van der Waals surface area contributed by atoms with E-state index in [1.165, 1.54) is 196 Å². The highest BCUT2D eigenvalue weighted by Gasteiger charge is 2.55. The van der Waals surface area contributed by atoms with Crippen molar-refractivity contribution in [3.05, 3.63) is 46.5 Å². The Balaban J connectivity index is 1.37. The number of unbranched alkanes of at least 4 members (excludes halogenated alkanes) is 20. The fourth-order valence-corrected chi connectivity index (χ4v) is 14.0. The predicted molar refractivity (Wildman–Crippen MR) is 298 cm³/mol. The number of rotatable bonds is 30. The lowest BCUT2D eigenvalue weighted by molar-refractivity contribution is 0.00578. The molecule has 2 N–H and O–H groups in total. The Labute approximate surface area is 431 Å². The normalized spacial score (nSPS) is 16.9. The van der Waals surface area contributed by atoms with Crippen molar-refractivity contribution < 1.29 is 19.4 Å². The minimum absolute atomic E-state index is 0.254. The molecule has 3 aromatic carbocycles. The number of hydrogen-bond donors (Lipinski definition) is 2. The number of hydrogen-bond acceptors (Lipinski definition) is 10. The highest BCUT2D eigenvalue weighted by atomic mass is 32.1. The summed E-state index contributed by atoms with van der Waals surface area (Å²) in [5, 5.41) is 22.1. The second kappa shape index (κ2) is 23.6. The molecule has 0 atom stereocenters. The second-order valence-corrected chi connectivity index (χ2v) is 23.9. The van der Waals surface area contributed by atoms with Crippen molar-refractivity contribution in [1.29, 1.82) is 0 Å². The van der Waals surface area contributed by atoms with Gasteiger partial charge in [0.15, 0.2) is 0 Å². The SMILES string of the molecule is CCCCCCCCC1(CCCCCCCC)c2cc3c(cc2-c2c1cc(B(O)O)c1nsnc21)C(CCCCCCCC)(CCCCCCCC)c1cc(B2OC(C)(C)C(C)(C)O2)c2nsnc2c1-3. The van der Waals surface area contributed by atoms with Crippen LogP contribution in [0.25, 0.3) is 44.3 Å². The van der Waals surface area contributed by atoms with Crippen LogP contribution in [-0.4, -0.2) is 53.0 Å². The van der Waals surface area contributed by atoms with Crippen molar-refractivity contribution in [2.45, 2.75) is 257 Å². The van der Waals surface area contributed by atoms with E-state index >= 15 is 0 Å². The van der Waals surface area contributed by atoms with E-state index in [0.717, 1.165) is 73.4 Å². The standard InChI is InChI=1S/C58H86B2N4O4S2/c1-9-13-17-21-25-29-33-57(34-30-26-22-18-14-10-2)43-38-42-44(37-41(43)49-45(57)39-47(59(65)66)51-53(49)63-69-61-51)58(35-31-27-23-19-15-11-3,36-32-28-24-20-16-12-4)46-40-48(52-54(50(42)46)64-70-62-52)60-67-55(5,6)56(7,8)68-60/h37-40,65-66H,9-36H2,1-8H3. The molecule has 3 heterocycles. The fraction of sp³-hybridized carbons (Fsp3) is 0.690. The first-order valence-corrected chi connectivity index (χ1v) is 29.9. The first-order chi connectivity index (χ1) is 33.9. The molecule has 0 saturated carbocycles. The lowest BCUT2D eigenvalue weighted by Gasteiger charge is -2.35. The maximum atomic E-state index is 11.1. The van der Waals surface area contributed by atoms with E-state index < -0.39 is 25.4 Å². The van der Waals surface area contributed by atoms with Crippen molar-refractivity contribution >= 4 is 70.7 Å². The van der Waals surface area contributed by atoms with Gasteiger partial charge in [0.2, 0.25) is 0 Å². The molecule has 8 nitrogen and oxygen atoms in total. The van der Waals surface area contributed by atoms with Crippen LogP contribution in [0.1, 0.15) is 257 Å². The number of aromatic nitrogens is 4. The number of fused-ring (bicyclic) bond motifs is 10. The van der Waals surface area contributed by atoms with E-state index in [-0.39, 0.29) is 10.8 Å². The fourth-order valence-electron chi connectivity index (χ4n) is 12.8. The summed E-state index contributed by atoms with van der Waals surface area (Å²) < 4.78 is 34.0. The number of nitrogens with zero attached hydrogens (tertiary/aromatic N) is 4. The molecule has 0 bridgehead atoms. The van der Waals surface area contributed by atoms with Crippen LogP contribution >= 0.6 is 23.5 Å². The van der Waals surface area contributed by atoms with Gasteiger partial charge in [-0.1, -0.05) is 194 Å². The van der Waals surface area contributed by atoms with E-state index in [4.69, 9.17) is 26.8 Å². The molecule has 0 amide bonds. The van der Waals surface area contributed by atoms with Crippen LogP contribution in [0.3, 0.4) is 0 Å². The van der Waals surface area contributed by atoms with Crippen molar-refractivity contribution in [1.82, 2.24) is 17.5 Å². The Morgan fingerprint density at radius 3 is 1.19 bits per heavy atom. The van der Waals surface area contributed by atoms with Crippen LogP contribution in [0.2, 0.25) is 0 Å². The molecule has 3 aliphatic rings. The van der Waals surface area contributed by atoms with Gasteiger partial charge in [0, 0.05) is 32.9 Å². The van der Waals surface area contributed by atoms with Crippen molar-refractivity contribution in [2.24, 2.45) is 0 Å². The lowest BCUT2D eigenvalue weighted by Crippen LogP contribution is -2.41. The maximum Gasteiger partial charge on any atom is 0.497 e. The van der Waals surface area contributed by atoms with E-state index in [0.29, 0.717) is 11.0 Å². The van der Waals surface area contributed by atoms with Gasteiger partial charge in [0.1, 0.15) is 22.1 Å². The van der Waals surface area contributed by atoms with Crippen LogP contribution in [0, 0.1) is 0 Å². The summed E-state index contributed by atoms with van der Waals surface area (Å²) >= 11 is 2.50. The Kier molecular flexibility index (Phi) is 18.1. The minimum Gasteiger partial charge on any atom is -0.423 e. The molecule has 1 saturated heterocycles. The molecule has 2 aromatic heterocycles. The van der Waals surface area contributed by atoms with Gasteiger partial charge in [-0.15, -0.1) is 0 Å². The average Bonchev–Trinajstić information content (AvgIpc) is 4.16.